The maximum absolute atomic E-state index is 12.8. The lowest BCUT2D eigenvalue weighted by Crippen LogP contribution is -2.15. The number of benzene rings is 1. The first-order valence-electron chi connectivity index (χ1n) is 9.04. The normalized spacial score (nSPS) is 10.7. The number of anilines is 2. The van der Waals surface area contributed by atoms with Crippen molar-refractivity contribution in [2.45, 2.75) is 33.2 Å². The Morgan fingerprint density at radius 3 is 2.59 bits per heavy atom. The lowest BCUT2D eigenvalue weighted by molar-refractivity contribution is 0.102. The molecule has 138 valence electrons. The molecular formula is C22H24N4O. The van der Waals surface area contributed by atoms with E-state index < -0.39 is 0 Å². The zero-order valence-electron chi connectivity index (χ0n) is 15.9. The van der Waals surface area contributed by atoms with Crippen LogP contribution in [0, 0.1) is 6.92 Å². The Balaban J connectivity index is 1.74. The summed E-state index contributed by atoms with van der Waals surface area (Å²) in [6, 6.07) is 13.5. The van der Waals surface area contributed by atoms with Crippen LogP contribution in [0.25, 0.3) is 0 Å². The van der Waals surface area contributed by atoms with E-state index in [0.717, 1.165) is 22.4 Å². The van der Waals surface area contributed by atoms with Crippen LogP contribution in [0.1, 0.15) is 46.8 Å². The summed E-state index contributed by atoms with van der Waals surface area (Å²) in [4.78, 5) is 21.1. The van der Waals surface area contributed by atoms with Crippen LogP contribution in [0.5, 0.6) is 0 Å². The van der Waals surface area contributed by atoms with Crippen LogP contribution in [0.4, 0.5) is 11.5 Å². The standard InChI is InChI=1S/C22H24N4O/c1-15(2)19-6-4-5-16(3)21(19)26-22(27)18-9-12-24-20(13-18)25-14-17-7-10-23-11-8-17/h4-13,15H,14H2,1-3H3,(H,24,25)(H,26,27). The van der Waals surface area contributed by atoms with Gasteiger partial charge < -0.3 is 10.6 Å². The van der Waals surface area contributed by atoms with Crippen molar-refractivity contribution < 1.29 is 4.79 Å². The predicted octanol–water partition coefficient (Wildman–Crippen LogP) is 4.77. The van der Waals surface area contributed by atoms with Crippen molar-refractivity contribution in [2.24, 2.45) is 0 Å². The minimum Gasteiger partial charge on any atom is -0.366 e. The highest BCUT2D eigenvalue weighted by atomic mass is 16.1. The summed E-state index contributed by atoms with van der Waals surface area (Å²) >= 11 is 0. The van der Waals surface area contributed by atoms with Gasteiger partial charge in [0.1, 0.15) is 5.82 Å². The number of para-hydroxylation sites is 1. The van der Waals surface area contributed by atoms with Gasteiger partial charge in [-0.15, -0.1) is 0 Å². The number of nitrogens with one attached hydrogen (secondary N) is 2. The number of hydrogen-bond acceptors (Lipinski definition) is 4. The Kier molecular flexibility index (Phi) is 5.81. The van der Waals surface area contributed by atoms with E-state index in [1.54, 1.807) is 30.7 Å². The van der Waals surface area contributed by atoms with E-state index in [1.165, 1.54) is 0 Å². The summed E-state index contributed by atoms with van der Waals surface area (Å²) in [5.74, 6) is 0.851. The molecule has 1 aromatic carbocycles. The zero-order valence-corrected chi connectivity index (χ0v) is 15.9. The molecule has 0 bridgehead atoms. The van der Waals surface area contributed by atoms with E-state index in [-0.39, 0.29) is 5.91 Å². The van der Waals surface area contributed by atoms with Crippen LogP contribution in [0.2, 0.25) is 0 Å². The van der Waals surface area contributed by atoms with Crippen molar-refractivity contribution in [3.05, 3.63) is 83.3 Å². The molecule has 0 saturated heterocycles. The molecular weight excluding hydrogens is 336 g/mol. The van der Waals surface area contributed by atoms with Gasteiger partial charge in [0.25, 0.3) is 5.91 Å². The van der Waals surface area contributed by atoms with Crippen molar-refractivity contribution >= 4 is 17.4 Å². The fourth-order valence-electron chi connectivity index (χ4n) is 2.89. The number of rotatable bonds is 6. The summed E-state index contributed by atoms with van der Waals surface area (Å²) in [5, 5.41) is 6.32. The molecule has 0 aliphatic heterocycles. The molecule has 0 radical (unpaired) electrons. The van der Waals surface area contributed by atoms with Crippen LogP contribution < -0.4 is 10.6 Å². The van der Waals surface area contributed by atoms with Gasteiger partial charge in [0.2, 0.25) is 0 Å². The van der Waals surface area contributed by atoms with Gasteiger partial charge in [0, 0.05) is 36.4 Å². The molecule has 0 fully saturated rings. The van der Waals surface area contributed by atoms with E-state index >= 15 is 0 Å². The largest absolute Gasteiger partial charge is 0.366 e. The third-order valence-electron chi connectivity index (χ3n) is 4.41. The van der Waals surface area contributed by atoms with E-state index in [4.69, 9.17) is 0 Å². The van der Waals surface area contributed by atoms with Crippen LogP contribution in [0.15, 0.2) is 61.1 Å². The second kappa shape index (κ2) is 8.45. The number of carbonyl (C=O) groups excluding carboxylic acids is 1. The van der Waals surface area contributed by atoms with Crippen LogP contribution in [-0.2, 0) is 6.54 Å². The van der Waals surface area contributed by atoms with E-state index in [9.17, 15) is 4.79 Å². The molecule has 2 heterocycles. The molecule has 27 heavy (non-hydrogen) atoms. The number of amides is 1. The molecule has 5 heteroatoms. The molecule has 2 aromatic heterocycles. The Bertz CT molecular complexity index is 923. The summed E-state index contributed by atoms with van der Waals surface area (Å²) in [6.45, 7) is 6.88. The highest BCUT2D eigenvalue weighted by Crippen LogP contribution is 2.28. The van der Waals surface area contributed by atoms with Crippen LogP contribution in [0.3, 0.4) is 0 Å². The minimum absolute atomic E-state index is 0.138. The summed E-state index contributed by atoms with van der Waals surface area (Å²) in [6.07, 6.45) is 5.15. The molecule has 0 atom stereocenters. The first-order chi connectivity index (χ1) is 13.0. The topological polar surface area (TPSA) is 66.9 Å². The number of aryl methyl sites for hydroxylation is 1. The highest BCUT2D eigenvalue weighted by molar-refractivity contribution is 6.05. The lowest BCUT2D eigenvalue weighted by atomic mass is 9.98. The minimum atomic E-state index is -0.138. The van der Waals surface area contributed by atoms with E-state index in [2.05, 4.69) is 40.5 Å². The van der Waals surface area contributed by atoms with Crippen LogP contribution in [-0.4, -0.2) is 15.9 Å². The average molecular weight is 360 g/mol. The van der Waals surface area contributed by atoms with Gasteiger partial charge in [-0.25, -0.2) is 4.98 Å². The Labute approximate surface area is 159 Å². The Morgan fingerprint density at radius 1 is 1.07 bits per heavy atom. The molecule has 3 aromatic rings. The van der Waals surface area contributed by atoms with Crippen molar-refractivity contribution in [1.29, 1.82) is 0 Å². The van der Waals surface area contributed by atoms with Crippen molar-refractivity contribution in [2.75, 3.05) is 10.6 Å². The maximum atomic E-state index is 12.8. The van der Waals surface area contributed by atoms with Crippen molar-refractivity contribution in [3.63, 3.8) is 0 Å². The fraction of sp³-hybridized carbons (Fsp3) is 0.227. The third-order valence-corrected chi connectivity index (χ3v) is 4.41. The summed E-state index contributed by atoms with van der Waals surface area (Å²) in [7, 11) is 0. The quantitative estimate of drug-likeness (QED) is 0.664. The molecule has 0 spiro atoms. The van der Waals surface area contributed by atoms with Gasteiger partial charge in [-0.1, -0.05) is 32.0 Å². The second-order valence-corrected chi connectivity index (χ2v) is 6.79. The monoisotopic (exact) mass is 360 g/mol. The van der Waals surface area contributed by atoms with Gasteiger partial charge in [-0.3, -0.25) is 9.78 Å². The van der Waals surface area contributed by atoms with Crippen molar-refractivity contribution in [3.8, 4) is 0 Å². The van der Waals surface area contributed by atoms with Gasteiger partial charge in [-0.05, 0) is 53.8 Å². The Hall–Kier alpha value is -3.21. The SMILES string of the molecule is Cc1cccc(C(C)C)c1NC(=O)c1ccnc(NCc2ccncc2)c1. The molecule has 1 amide bonds. The van der Waals surface area contributed by atoms with Crippen LogP contribution >= 0.6 is 0 Å². The molecule has 0 unspecified atom stereocenters. The first kappa shape index (κ1) is 18.6. The third kappa shape index (κ3) is 4.70. The number of pyridine rings is 2. The molecule has 0 aliphatic rings. The molecule has 3 rings (SSSR count). The van der Waals surface area contributed by atoms with Crippen molar-refractivity contribution in [1.82, 2.24) is 9.97 Å². The second-order valence-electron chi connectivity index (χ2n) is 6.79. The summed E-state index contributed by atoms with van der Waals surface area (Å²) in [5.41, 5.74) is 4.75. The molecule has 0 saturated carbocycles. The molecule has 5 nitrogen and oxygen atoms in total. The summed E-state index contributed by atoms with van der Waals surface area (Å²) < 4.78 is 0. The number of hydrogen-bond donors (Lipinski definition) is 2. The van der Waals surface area contributed by atoms with Gasteiger partial charge in [0.05, 0.1) is 0 Å². The smallest absolute Gasteiger partial charge is 0.255 e. The Morgan fingerprint density at radius 2 is 1.85 bits per heavy atom. The number of nitrogens with zero attached hydrogens (tertiary/aromatic N) is 2. The molecule has 2 N–H and O–H groups in total. The van der Waals surface area contributed by atoms with Gasteiger partial charge in [0.15, 0.2) is 0 Å². The average Bonchev–Trinajstić information content (AvgIpc) is 2.68. The first-order valence-corrected chi connectivity index (χ1v) is 9.04. The zero-order chi connectivity index (χ0) is 19.2. The van der Waals surface area contributed by atoms with E-state index in [1.807, 2.05) is 31.2 Å². The maximum Gasteiger partial charge on any atom is 0.255 e. The number of carbonyl (C=O) groups is 1. The molecule has 0 aliphatic carbocycles. The van der Waals surface area contributed by atoms with E-state index in [0.29, 0.717) is 23.8 Å². The van der Waals surface area contributed by atoms with Gasteiger partial charge >= 0.3 is 0 Å². The lowest BCUT2D eigenvalue weighted by Gasteiger charge is -2.16. The highest BCUT2D eigenvalue weighted by Gasteiger charge is 2.14. The van der Waals surface area contributed by atoms with Gasteiger partial charge in [-0.2, -0.15) is 0 Å². The predicted molar refractivity (Wildman–Crippen MR) is 109 cm³/mol. The number of aromatic nitrogens is 2. The fourth-order valence-corrected chi connectivity index (χ4v) is 2.89.